The first kappa shape index (κ1) is 90.2. The summed E-state index contributed by atoms with van der Waals surface area (Å²) in [4.78, 5) is 88.2. The third kappa shape index (κ3) is 22.0. The fourth-order valence-corrected chi connectivity index (χ4v) is 16.6. The van der Waals surface area contributed by atoms with Gasteiger partial charge in [-0.05, 0) is 122 Å². The van der Waals surface area contributed by atoms with E-state index in [0.717, 1.165) is 66.2 Å². The molecule has 3 N–H and O–H groups in total. The van der Waals surface area contributed by atoms with Gasteiger partial charge in [-0.2, -0.15) is 9.97 Å². The van der Waals surface area contributed by atoms with Crippen molar-refractivity contribution in [1.29, 1.82) is 0 Å². The Bertz CT molecular complexity index is 4610. The van der Waals surface area contributed by atoms with Gasteiger partial charge in [0.05, 0.1) is 41.7 Å². The Labute approximate surface area is 683 Å². The first-order valence-electron chi connectivity index (χ1n) is 37.5. The van der Waals surface area contributed by atoms with E-state index in [4.69, 9.17) is 88.9 Å². The van der Waals surface area contributed by atoms with E-state index in [1.54, 1.807) is 58.8 Å². The molecule has 10 atom stereocenters. The van der Waals surface area contributed by atoms with E-state index in [-0.39, 0.29) is 23.7 Å². The van der Waals surface area contributed by atoms with Crippen LogP contribution in [0, 0.1) is 0 Å². The van der Waals surface area contributed by atoms with E-state index < -0.39 is 164 Å². The van der Waals surface area contributed by atoms with Gasteiger partial charge in [0.15, 0.2) is 12.5 Å². The van der Waals surface area contributed by atoms with Crippen molar-refractivity contribution < 1.29 is 118 Å². The minimum atomic E-state index is -5.13. The van der Waals surface area contributed by atoms with Crippen LogP contribution in [0.15, 0.2) is 192 Å². The number of aliphatic hydroxyl groups excluding tert-OH is 1. The molecule has 0 aliphatic carbocycles. The average molecular weight is 1680 g/mol. The number of aliphatic hydroxyl groups is 1. The first-order chi connectivity index (χ1) is 56.7. The highest BCUT2D eigenvalue weighted by Crippen LogP contribution is 2.55. The van der Waals surface area contributed by atoms with E-state index in [9.17, 15) is 24.3 Å². The van der Waals surface area contributed by atoms with Crippen molar-refractivity contribution in [2.75, 3.05) is 93.3 Å². The number of carbonyl (C=O) groups excluding carboxylic acids is 4. The highest BCUT2D eigenvalue weighted by atomic mass is 31.2. The van der Waals surface area contributed by atoms with Gasteiger partial charge in [-0.3, -0.25) is 41.9 Å². The molecule has 0 amide bonds. The summed E-state index contributed by atoms with van der Waals surface area (Å²) in [6.07, 6.45) is -12.8. The molecule has 6 aromatic carbocycles. The monoisotopic (exact) mass is 1680 g/mol. The normalized spacial score (nSPS) is 18.9. The minimum absolute atomic E-state index is 0.0676. The number of hydrogen-bond donors (Lipinski definition) is 3. The summed E-state index contributed by atoms with van der Waals surface area (Å²) in [6.45, 7) is 7.83. The molecule has 2 aliphatic heterocycles. The molecular formula is C82H99N7O27P2. The lowest BCUT2D eigenvalue weighted by Crippen LogP contribution is -2.43. The SMILES string of the molecule is COc1ccc(C(Nc2ccn([C@@H]3O[C@H](COP(=O)(OC)O[C@H]4[C@@H](OCOCC(OC(C)=O)OC(C)=O)[C@H](n5ccc(NC(c6ccccc6)(c6ccc(OC)cc6)c6ccc(OC)cc6)nc5=O)O[C@@H]4CO)[C@@H](OP(OC)N(C(C)C)C(C)C)[C@H]3OCOCC(OC(C)=O)OC(C)=O)c(=O)n2)(c2ccccc2)c2ccc(OC)cc2)cc1. The Morgan fingerprint density at radius 1 is 0.500 bits per heavy atom. The van der Waals surface area contributed by atoms with Crippen LogP contribution in [0.4, 0.5) is 11.6 Å². The Morgan fingerprint density at radius 3 is 1.16 bits per heavy atom. The third-order valence-electron chi connectivity index (χ3n) is 19.0. The minimum Gasteiger partial charge on any atom is -0.497 e. The molecule has 0 radical (unpaired) electrons. The number of ether oxygens (including phenoxy) is 14. The van der Waals surface area contributed by atoms with E-state index in [0.29, 0.717) is 34.1 Å². The van der Waals surface area contributed by atoms with Crippen LogP contribution in [0.3, 0.4) is 0 Å². The number of aromatic nitrogens is 4. The predicted octanol–water partition coefficient (Wildman–Crippen LogP) is 10.3. The average Bonchev–Trinajstić information content (AvgIpc) is 0.977. The maximum absolute atomic E-state index is 15.7. The van der Waals surface area contributed by atoms with Crippen molar-refractivity contribution in [3.8, 4) is 23.0 Å². The maximum Gasteiger partial charge on any atom is 0.475 e. The van der Waals surface area contributed by atoms with Crippen LogP contribution in [0.25, 0.3) is 0 Å². The molecule has 2 saturated heterocycles. The zero-order valence-corrected chi connectivity index (χ0v) is 69.5. The van der Waals surface area contributed by atoms with Crippen LogP contribution in [0.1, 0.15) is 101 Å². The highest BCUT2D eigenvalue weighted by Gasteiger charge is 2.55. The standard InChI is InChI=1S/C82H99N7O27P2/c1-51(2)89(52(3)4)117(102-13)115-73-68(114-77(75(73)106-49-104-47-71(109-53(5)91)110-54(6)92)87-43-41-69(83-79(87)95)85-81(57-21-17-15-18-22-57,59-25-33-63(98-9)34-26-59)60-27-35-64(99-10)36-28-60)46-108-118(97,103-14)116-74-67(45-90)113-78(76(74)107-50-105-48-72(111-55(7)93)112-56(8)94)88-44-42-70(84-80(88)96)86-82(58-23-19-16-20-24-58,61-29-37-65(100-11)38-30-61)62-31-39-66(101-12)40-32-62/h15-44,51-52,67-68,71-78,90H,45-50H2,1-14H3,(H,83,85,95)(H,84,86,96)/t67-,68-,73-,74-,75-,76-,77-,78-,117?,118?/m1/s1. The second-order valence-corrected chi connectivity index (χ2v) is 30.5. The zero-order valence-electron chi connectivity index (χ0n) is 67.7. The molecule has 34 nitrogen and oxygen atoms in total. The van der Waals surface area contributed by atoms with Crippen molar-refractivity contribution >= 4 is 51.9 Å². The van der Waals surface area contributed by atoms with Crippen LogP contribution in [0.5, 0.6) is 23.0 Å². The van der Waals surface area contributed by atoms with Crippen LogP contribution in [-0.2, 0) is 105 Å². The van der Waals surface area contributed by atoms with Crippen LogP contribution in [0.2, 0.25) is 0 Å². The van der Waals surface area contributed by atoms with Gasteiger partial charge in [0, 0.05) is 66.4 Å². The second-order valence-electron chi connectivity index (χ2n) is 27.3. The Hall–Kier alpha value is -10.1. The lowest BCUT2D eigenvalue weighted by Gasteiger charge is -2.38. The van der Waals surface area contributed by atoms with Gasteiger partial charge in [-0.1, -0.05) is 109 Å². The van der Waals surface area contributed by atoms with Crippen LogP contribution >= 0.6 is 16.3 Å². The molecule has 36 heteroatoms. The molecule has 4 heterocycles. The summed E-state index contributed by atoms with van der Waals surface area (Å²) >= 11 is 0. The number of hydrogen-bond acceptors (Lipinski definition) is 32. The van der Waals surface area contributed by atoms with Gasteiger partial charge in [-0.25, -0.2) is 18.8 Å². The number of carbonyl (C=O) groups is 4. The molecule has 0 saturated carbocycles. The summed E-state index contributed by atoms with van der Waals surface area (Å²) < 4.78 is 132. The summed E-state index contributed by atoms with van der Waals surface area (Å²) in [5.41, 5.74) is -0.00327. The number of phosphoric ester groups is 1. The molecule has 118 heavy (non-hydrogen) atoms. The summed E-state index contributed by atoms with van der Waals surface area (Å²) in [5, 5.41) is 18.5. The number of methoxy groups -OCH3 is 4. The molecule has 2 aromatic heterocycles. The maximum atomic E-state index is 15.7. The van der Waals surface area contributed by atoms with Gasteiger partial charge in [0.2, 0.25) is 0 Å². The molecule has 0 spiro atoms. The highest BCUT2D eigenvalue weighted by molar-refractivity contribution is 7.48. The van der Waals surface area contributed by atoms with Crippen LogP contribution < -0.4 is 41.0 Å². The number of nitrogens with zero attached hydrogens (tertiary/aromatic N) is 5. The molecule has 634 valence electrons. The van der Waals surface area contributed by atoms with Crippen molar-refractivity contribution in [3.63, 3.8) is 0 Å². The van der Waals surface area contributed by atoms with Gasteiger partial charge in [0.25, 0.3) is 21.1 Å². The van der Waals surface area contributed by atoms with Crippen LogP contribution in [-0.4, -0.2) is 197 Å². The second kappa shape index (κ2) is 42.0. The number of rotatable bonds is 43. The molecule has 0 bridgehead atoms. The van der Waals surface area contributed by atoms with Crippen molar-refractivity contribution in [1.82, 2.24) is 23.8 Å². The first-order valence-corrected chi connectivity index (χ1v) is 40.0. The number of nitrogens with one attached hydrogen (secondary N) is 2. The number of benzene rings is 6. The largest absolute Gasteiger partial charge is 0.497 e. The smallest absolute Gasteiger partial charge is 0.475 e. The number of phosphoric acid groups is 1. The zero-order chi connectivity index (χ0) is 84.8. The number of esters is 4. The topological polar surface area (TPSA) is 378 Å². The van der Waals surface area contributed by atoms with Gasteiger partial charge >= 0.3 is 43.1 Å². The fourth-order valence-electron chi connectivity index (χ4n) is 13.8. The summed E-state index contributed by atoms with van der Waals surface area (Å²) in [5.74, 6) is -0.724. The summed E-state index contributed by atoms with van der Waals surface area (Å²) in [7, 11) is 1.41. The van der Waals surface area contributed by atoms with Gasteiger partial charge in [0.1, 0.15) is 109 Å². The van der Waals surface area contributed by atoms with Crippen molar-refractivity contribution in [3.05, 3.63) is 237 Å². The van der Waals surface area contributed by atoms with E-state index in [1.807, 2.05) is 166 Å². The Balaban J connectivity index is 1.03. The van der Waals surface area contributed by atoms with Crippen molar-refractivity contribution in [2.24, 2.45) is 0 Å². The lowest BCUT2D eigenvalue weighted by atomic mass is 9.77. The predicted molar refractivity (Wildman–Crippen MR) is 426 cm³/mol. The van der Waals surface area contributed by atoms with E-state index in [2.05, 4.69) is 20.6 Å². The molecular weight excluding hydrogens is 1580 g/mol. The Morgan fingerprint density at radius 2 is 0.847 bits per heavy atom. The third-order valence-corrected chi connectivity index (χ3v) is 22.4. The lowest BCUT2D eigenvalue weighted by molar-refractivity contribution is -0.208. The van der Waals surface area contributed by atoms with Gasteiger partial charge < -0.3 is 91.1 Å². The molecule has 2 aliphatic rings. The Kier molecular flexibility index (Phi) is 32.1. The van der Waals surface area contributed by atoms with E-state index in [1.165, 1.54) is 25.6 Å². The molecule has 10 rings (SSSR count). The van der Waals surface area contributed by atoms with Gasteiger partial charge in [-0.15, -0.1) is 0 Å². The molecule has 8 aromatic rings. The number of anilines is 2. The summed E-state index contributed by atoms with van der Waals surface area (Å²) in [6, 6.07) is 51.1. The molecule has 2 unspecified atom stereocenters. The quantitative estimate of drug-likeness (QED) is 0.0105. The molecule has 2 fully saturated rings. The fraction of sp³-hybridized carbons (Fsp3) is 0.415. The van der Waals surface area contributed by atoms with E-state index >= 15 is 14.2 Å². The van der Waals surface area contributed by atoms with Crippen molar-refractivity contribution in [2.45, 2.75) is 140 Å².